The Morgan fingerprint density at radius 1 is 1.13 bits per heavy atom. The number of hydrogen-bond donors (Lipinski definition) is 1. The van der Waals surface area contributed by atoms with Gasteiger partial charge in [0.2, 0.25) is 11.8 Å². The van der Waals surface area contributed by atoms with Crippen molar-refractivity contribution < 1.29 is 23.8 Å². The highest BCUT2D eigenvalue weighted by atomic mass is 16.5. The normalized spacial score (nSPS) is 28.5. The van der Waals surface area contributed by atoms with Gasteiger partial charge in [-0.1, -0.05) is 30.4 Å². The predicted octanol–water partition coefficient (Wildman–Crippen LogP) is 2.63. The van der Waals surface area contributed by atoms with Gasteiger partial charge in [0, 0.05) is 17.4 Å². The number of carbonyl (C=O) groups excluding carboxylic acids is 2. The van der Waals surface area contributed by atoms with Crippen molar-refractivity contribution in [1.29, 1.82) is 0 Å². The molecule has 2 aromatic rings. The highest BCUT2D eigenvalue weighted by Crippen LogP contribution is 2.52. The van der Waals surface area contributed by atoms with Crippen molar-refractivity contribution in [2.45, 2.75) is 11.7 Å². The van der Waals surface area contributed by atoms with E-state index in [9.17, 15) is 9.59 Å². The van der Waals surface area contributed by atoms with Crippen molar-refractivity contribution in [2.24, 2.45) is 11.8 Å². The smallest absolute Gasteiger partial charge is 0.234 e. The second-order valence-corrected chi connectivity index (χ2v) is 7.72. The maximum absolute atomic E-state index is 13.3. The SMILES string of the molecule is COc1ccc(NC(=O)[C@H]2[C@@H]3C=C[C@@]4(CN(c5ccccc5)C(=O)[C@@H]24)O3)cc1OC. The predicted molar refractivity (Wildman–Crippen MR) is 111 cm³/mol. The number of ether oxygens (including phenoxy) is 3. The van der Waals surface area contributed by atoms with E-state index in [4.69, 9.17) is 14.2 Å². The first kappa shape index (κ1) is 18.7. The molecule has 2 aromatic carbocycles. The molecule has 3 heterocycles. The van der Waals surface area contributed by atoms with E-state index in [1.54, 1.807) is 30.2 Å². The lowest BCUT2D eigenvalue weighted by Gasteiger charge is -2.23. The Bertz CT molecular complexity index is 1040. The second kappa shape index (κ2) is 6.88. The number of hydrogen-bond acceptors (Lipinski definition) is 5. The number of amides is 2. The number of nitrogens with zero attached hydrogens (tertiary/aromatic N) is 1. The Morgan fingerprint density at radius 2 is 1.90 bits per heavy atom. The number of nitrogens with one attached hydrogen (secondary N) is 1. The monoisotopic (exact) mass is 406 g/mol. The summed E-state index contributed by atoms with van der Waals surface area (Å²) in [6, 6.07) is 14.6. The summed E-state index contributed by atoms with van der Waals surface area (Å²) < 4.78 is 16.7. The number of para-hydroxylation sites is 1. The molecular formula is C23H22N2O5. The number of methoxy groups -OCH3 is 2. The average molecular weight is 406 g/mol. The van der Waals surface area contributed by atoms with Crippen molar-refractivity contribution >= 4 is 23.2 Å². The molecule has 0 radical (unpaired) electrons. The van der Waals surface area contributed by atoms with E-state index in [0.29, 0.717) is 23.7 Å². The Morgan fingerprint density at radius 3 is 2.63 bits per heavy atom. The van der Waals surface area contributed by atoms with Crippen molar-refractivity contribution in [1.82, 2.24) is 0 Å². The molecule has 3 aliphatic heterocycles. The summed E-state index contributed by atoms with van der Waals surface area (Å²) >= 11 is 0. The number of rotatable bonds is 5. The fourth-order valence-corrected chi connectivity index (χ4v) is 4.76. The third kappa shape index (κ3) is 2.69. The Hall–Kier alpha value is -3.32. The van der Waals surface area contributed by atoms with Crippen molar-refractivity contribution in [3.05, 3.63) is 60.7 Å². The molecule has 30 heavy (non-hydrogen) atoms. The van der Waals surface area contributed by atoms with Gasteiger partial charge in [0.15, 0.2) is 11.5 Å². The van der Waals surface area contributed by atoms with Gasteiger partial charge < -0.3 is 24.4 Å². The molecule has 2 fully saturated rings. The van der Waals surface area contributed by atoms with E-state index < -0.39 is 23.5 Å². The van der Waals surface area contributed by atoms with E-state index in [1.165, 1.54) is 7.11 Å². The molecule has 1 N–H and O–H groups in total. The molecule has 5 rings (SSSR count). The summed E-state index contributed by atoms with van der Waals surface area (Å²) in [5.74, 6) is -0.377. The van der Waals surface area contributed by atoms with Crippen LogP contribution in [-0.2, 0) is 14.3 Å². The molecule has 2 amide bonds. The van der Waals surface area contributed by atoms with E-state index in [1.807, 2.05) is 42.5 Å². The lowest BCUT2D eigenvalue weighted by Crippen LogP contribution is -2.41. The first-order chi connectivity index (χ1) is 14.6. The minimum atomic E-state index is -0.753. The largest absolute Gasteiger partial charge is 0.493 e. The molecule has 4 atom stereocenters. The fourth-order valence-electron chi connectivity index (χ4n) is 4.76. The maximum Gasteiger partial charge on any atom is 0.234 e. The van der Waals surface area contributed by atoms with Gasteiger partial charge in [-0.05, 0) is 24.3 Å². The summed E-state index contributed by atoms with van der Waals surface area (Å²) in [4.78, 5) is 28.3. The van der Waals surface area contributed by atoms with Crippen LogP contribution in [0.2, 0.25) is 0 Å². The van der Waals surface area contributed by atoms with Crippen LogP contribution in [0.4, 0.5) is 11.4 Å². The van der Waals surface area contributed by atoms with Gasteiger partial charge in [-0.3, -0.25) is 9.59 Å². The number of benzene rings is 2. The zero-order valence-electron chi connectivity index (χ0n) is 16.7. The van der Waals surface area contributed by atoms with Crippen LogP contribution < -0.4 is 19.7 Å². The summed E-state index contributed by atoms with van der Waals surface area (Å²) in [6.07, 6.45) is 3.44. The fraction of sp³-hybridized carbons (Fsp3) is 0.304. The summed E-state index contributed by atoms with van der Waals surface area (Å²) in [6.45, 7) is 0.410. The molecular weight excluding hydrogens is 384 g/mol. The molecule has 0 aliphatic carbocycles. The van der Waals surface area contributed by atoms with E-state index in [0.717, 1.165) is 5.69 Å². The number of carbonyl (C=O) groups is 2. The molecule has 3 aliphatic rings. The van der Waals surface area contributed by atoms with Gasteiger partial charge in [-0.25, -0.2) is 0 Å². The molecule has 0 aromatic heterocycles. The minimum absolute atomic E-state index is 0.0829. The molecule has 7 nitrogen and oxygen atoms in total. The van der Waals surface area contributed by atoms with Gasteiger partial charge >= 0.3 is 0 Å². The van der Waals surface area contributed by atoms with Crippen molar-refractivity contribution in [3.63, 3.8) is 0 Å². The van der Waals surface area contributed by atoms with Crippen LogP contribution in [0, 0.1) is 11.8 Å². The van der Waals surface area contributed by atoms with Crippen molar-refractivity contribution in [2.75, 3.05) is 31.0 Å². The Balaban J connectivity index is 1.41. The molecule has 2 bridgehead atoms. The van der Waals surface area contributed by atoms with Crippen LogP contribution in [0.3, 0.4) is 0 Å². The van der Waals surface area contributed by atoms with Gasteiger partial charge in [-0.15, -0.1) is 0 Å². The van der Waals surface area contributed by atoms with Gasteiger partial charge in [0.05, 0.1) is 38.7 Å². The summed E-state index contributed by atoms with van der Waals surface area (Å²) in [5.41, 5.74) is 0.631. The zero-order chi connectivity index (χ0) is 20.9. The van der Waals surface area contributed by atoms with Crippen LogP contribution in [0.1, 0.15) is 0 Å². The molecule has 2 saturated heterocycles. The minimum Gasteiger partial charge on any atom is -0.493 e. The summed E-state index contributed by atoms with van der Waals surface area (Å²) in [7, 11) is 3.09. The van der Waals surface area contributed by atoms with E-state index in [2.05, 4.69) is 5.32 Å². The molecule has 7 heteroatoms. The average Bonchev–Trinajstić information content (AvgIpc) is 3.42. The van der Waals surface area contributed by atoms with Gasteiger partial charge in [0.1, 0.15) is 5.60 Å². The highest BCUT2D eigenvalue weighted by Gasteiger charge is 2.67. The number of anilines is 2. The van der Waals surface area contributed by atoms with Crippen LogP contribution in [-0.4, -0.2) is 44.3 Å². The van der Waals surface area contributed by atoms with Crippen LogP contribution in [0.25, 0.3) is 0 Å². The van der Waals surface area contributed by atoms with Crippen LogP contribution in [0.5, 0.6) is 11.5 Å². The second-order valence-electron chi connectivity index (χ2n) is 7.72. The first-order valence-electron chi connectivity index (χ1n) is 9.83. The zero-order valence-corrected chi connectivity index (χ0v) is 16.7. The van der Waals surface area contributed by atoms with Crippen molar-refractivity contribution in [3.8, 4) is 11.5 Å². The van der Waals surface area contributed by atoms with Gasteiger partial charge in [-0.2, -0.15) is 0 Å². The quantitative estimate of drug-likeness (QED) is 0.773. The molecule has 0 unspecified atom stereocenters. The number of fused-ring (bicyclic) bond motifs is 1. The lowest BCUT2D eigenvalue weighted by atomic mass is 9.77. The molecule has 0 saturated carbocycles. The summed E-state index contributed by atoms with van der Waals surface area (Å²) in [5, 5.41) is 2.92. The van der Waals surface area contributed by atoms with E-state index in [-0.39, 0.29) is 11.8 Å². The lowest BCUT2D eigenvalue weighted by molar-refractivity contribution is -0.128. The standard InChI is InChI=1S/C23H22N2O5/c1-28-16-9-8-14(12-18(16)29-2)24-21(26)19-17-10-11-23(30-17)13-25(22(27)20(19)23)15-6-4-3-5-7-15/h3-12,17,19-20H,13H2,1-2H3,(H,24,26)/t17-,19-,20+,23-/m0/s1. The Labute approximate surface area is 174 Å². The van der Waals surface area contributed by atoms with E-state index >= 15 is 0 Å². The Kier molecular flexibility index (Phi) is 4.29. The maximum atomic E-state index is 13.3. The first-order valence-corrected chi connectivity index (χ1v) is 9.83. The van der Waals surface area contributed by atoms with Gasteiger partial charge in [0.25, 0.3) is 0 Å². The third-order valence-electron chi connectivity index (χ3n) is 6.12. The molecule has 154 valence electrons. The van der Waals surface area contributed by atoms with Crippen LogP contribution >= 0.6 is 0 Å². The molecule has 1 spiro atoms. The van der Waals surface area contributed by atoms with Crippen LogP contribution in [0.15, 0.2) is 60.7 Å². The third-order valence-corrected chi connectivity index (χ3v) is 6.12. The topological polar surface area (TPSA) is 77.1 Å². The highest BCUT2D eigenvalue weighted by molar-refractivity contribution is 6.05.